The molecule has 0 unspecified atom stereocenters. The topological polar surface area (TPSA) is 66.5 Å². The number of piperidine rings is 1. The van der Waals surface area contributed by atoms with Crippen LogP contribution in [-0.2, 0) is 10.0 Å². The Bertz CT molecular complexity index is 756. The molecule has 5 nitrogen and oxygen atoms in total. The molecule has 1 amide bonds. The van der Waals surface area contributed by atoms with Crippen molar-refractivity contribution in [3.63, 3.8) is 0 Å². The molecule has 4 rings (SSSR count). The third-order valence-corrected chi connectivity index (χ3v) is 8.00. The molecular formula is C19H26N2O3S. The Labute approximate surface area is 149 Å². The van der Waals surface area contributed by atoms with Crippen LogP contribution in [0.25, 0.3) is 0 Å². The summed E-state index contributed by atoms with van der Waals surface area (Å²) in [6.07, 6.45) is 7.70. The van der Waals surface area contributed by atoms with Crippen molar-refractivity contribution in [2.24, 2.45) is 11.8 Å². The van der Waals surface area contributed by atoms with Crippen LogP contribution in [0.5, 0.6) is 0 Å². The van der Waals surface area contributed by atoms with E-state index in [0.29, 0.717) is 24.6 Å². The van der Waals surface area contributed by atoms with E-state index in [4.69, 9.17) is 0 Å². The van der Waals surface area contributed by atoms with Crippen LogP contribution in [0, 0.1) is 11.8 Å². The lowest BCUT2D eigenvalue weighted by Crippen LogP contribution is -2.38. The van der Waals surface area contributed by atoms with Gasteiger partial charge in [0.05, 0.1) is 4.90 Å². The fourth-order valence-corrected chi connectivity index (χ4v) is 6.29. The summed E-state index contributed by atoms with van der Waals surface area (Å²) in [6.45, 7) is 1.15. The summed E-state index contributed by atoms with van der Waals surface area (Å²) >= 11 is 0. The summed E-state index contributed by atoms with van der Waals surface area (Å²) in [7, 11) is -3.50. The quantitative estimate of drug-likeness (QED) is 0.896. The summed E-state index contributed by atoms with van der Waals surface area (Å²) in [5.41, 5.74) is 0.445. The van der Waals surface area contributed by atoms with Gasteiger partial charge in [-0.2, -0.15) is 4.31 Å². The van der Waals surface area contributed by atoms with Gasteiger partial charge in [0.1, 0.15) is 0 Å². The van der Waals surface area contributed by atoms with E-state index in [2.05, 4.69) is 5.32 Å². The highest BCUT2D eigenvalue weighted by molar-refractivity contribution is 7.89. The molecule has 2 aliphatic carbocycles. The lowest BCUT2D eigenvalue weighted by molar-refractivity contribution is 0.0922. The number of carbonyl (C=O) groups excluding carboxylic acids is 1. The lowest BCUT2D eigenvalue weighted by Gasteiger charge is -2.26. The minimum absolute atomic E-state index is 0.145. The highest BCUT2D eigenvalue weighted by Gasteiger charge is 2.40. The van der Waals surface area contributed by atoms with Gasteiger partial charge >= 0.3 is 0 Å². The molecule has 1 N–H and O–H groups in total. The predicted octanol–water partition coefficient (Wildman–Crippen LogP) is 2.78. The van der Waals surface area contributed by atoms with Gasteiger partial charge in [-0.15, -0.1) is 0 Å². The molecule has 3 aliphatic rings. The summed E-state index contributed by atoms with van der Waals surface area (Å²) in [4.78, 5) is 12.8. The van der Waals surface area contributed by atoms with Gasteiger partial charge in [0.15, 0.2) is 0 Å². The summed E-state index contributed by atoms with van der Waals surface area (Å²) < 4.78 is 27.2. The predicted molar refractivity (Wildman–Crippen MR) is 95.8 cm³/mol. The molecule has 25 heavy (non-hydrogen) atoms. The van der Waals surface area contributed by atoms with Crippen molar-refractivity contribution in [3.8, 4) is 0 Å². The van der Waals surface area contributed by atoms with E-state index in [1.54, 1.807) is 22.5 Å². The standard InChI is InChI=1S/C19H26N2O3S/c22-19(20-18-12-14-7-8-15(18)11-14)16-5-4-6-17(13-16)25(23,24)21-9-2-1-3-10-21/h4-6,13-15,18H,1-3,7-12H2,(H,20,22)/t14-,15-,18-/m1/s1. The van der Waals surface area contributed by atoms with E-state index in [-0.39, 0.29) is 16.8 Å². The highest BCUT2D eigenvalue weighted by Crippen LogP contribution is 2.44. The Hall–Kier alpha value is -1.40. The van der Waals surface area contributed by atoms with Gasteiger partial charge < -0.3 is 5.32 Å². The molecule has 2 bridgehead atoms. The van der Waals surface area contributed by atoms with Crippen LogP contribution in [0.15, 0.2) is 29.2 Å². The first kappa shape index (κ1) is 17.0. The van der Waals surface area contributed by atoms with Crippen molar-refractivity contribution in [1.29, 1.82) is 0 Å². The Morgan fingerprint density at radius 2 is 1.88 bits per heavy atom. The summed E-state index contributed by atoms with van der Waals surface area (Å²) in [5, 5.41) is 3.14. The number of hydrogen-bond donors (Lipinski definition) is 1. The first-order chi connectivity index (χ1) is 12.0. The molecule has 0 radical (unpaired) electrons. The van der Waals surface area contributed by atoms with Crippen molar-refractivity contribution in [3.05, 3.63) is 29.8 Å². The molecule has 1 heterocycles. The number of hydrogen-bond acceptors (Lipinski definition) is 3. The number of nitrogens with zero attached hydrogens (tertiary/aromatic N) is 1. The molecule has 3 atom stereocenters. The van der Waals surface area contributed by atoms with E-state index in [1.165, 1.54) is 25.3 Å². The molecule has 1 aromatic rings. The maximum Gasteiger partial charge on any atom is 0.251 e. The Kier molecular flexibility index (Phi) is 4.58. The Morgan fingerprint density at radius 3 is 2.56 bits per heavy atom. The van der Waals surface area contributed by atoms with E-state index in [9.17, 15) is 13.2 Å². The largest absolute Gasteiger partial charge is 0.349 e. The van der Waals surface area contributed by atoms with Crippen LogP contribution in [0.4, 0.5) is 0 Å². The van der Waals surface area contributed by atoms with Gasteiger partial charge in [0.2, 0.25) is 10.0 Å². The smallest absolute Gasteiger partial charge is 0.251 e. The van der Waals surface area contributed by atoms with E-state index >= 15 is 0 Å². The van der Waals surface area contributed by atoms with Crippen molar-refractivity contribution >= 4 is 15.9 Å². The van der Waals surface area contributed by atoms with Crippen molar-refractivity contribution in [2.75, 3.05) is 13.1 Å². The molecule has 136 valence electrons. The average molecular weight is 362 g/mol. The van der Waals surface area contributed by atoms with E-state index in [0.717, 1.165) is 31.6 Å². The van der Waals surface area contributed by atoms with Crippen LogP contribution < -0.4 is 5.32 Å². The SMILES string of the molecule is O=C(N[C@@H]1C[C@@H]2CC[C@@H]1C2)c1cccc(S(=O)(=O)N2CCCCC2)c1. The number of nitrogens with one attached hydrogen (secondary N) is 1. The van der Waals surface area contributed by atoms with Crippen molar-refractivity contribution < 1.29 is 13.2 Å². The number of sulfonamides is 1. The minimum atomic E-state index is -3.50. The maximum absolute atomic E-state index is 12.8. The normalized spacial score (nSPS) is 29.7. The first-order valence-corrected chi connectivity index (χ1v) is 10.9. The zero-order chi connectivity index (χ0) is 17.4. The van der Waals surface area contributed by atoms with E-state index in [1.807, 2.05) is 0 Å². The first-order valence-electron chi connectivity index (χ1n) is 9.45. The maximum atomic E-state index is 12.8. The molecule has 1 aromatic carbocycles. The Morgan fingerprint density at radius 1 is 1.08 bits per heavy atom. The highest BCUT2D eigenvalue weighted by atomic mass is 32.2. The molecule has 0 aromatic heterocycles. The van der Waals surface area contributed by atoms with Crippen LogP contribution in [0.3, 0.4) is 0 Å². The van der Waals surface area contributed by atoms with Crippen LogP contribution in [-0.4, -0.2) is 37.8 Å². The van der Waals surface area contributed by atoms with Gasteiger partial charge in [-0.1, -0.05) is 18.9 Å². The van der Waals surface area contributed by atoms with Gasteiger partial charge in [0.25, 0.3) is 5.91 Å². The second-order valence-electron chi connectivity index (χ2n) is 7.75. The monoisotopic (exact) mass is 362 g/mol. The van der Waals surface area contributed by atoms with Crippen LogP contribution in [0.2, 0.25) is 0 Å². The molecule has 6 heteroatoms. The molecule has 2 saturated carbocycles. The van der Waals surface area contributed by atoms with Gasteiger partial charge in [-0.3, -0.25) is 4.79 Å². The lowest BCUT2D eigenvalue weighted by atomic mass is 9.95. The van der Waals surface area contributed by atoms with Gasteiger partial charge in [-0.25, -0.2) is 8.42 Å². The average Bonchev–Trinajstić information content (AvgIpc) is 3.25. The number of carbonyl (C=O) groups is 1. The van der Waals surface area contributed by atoms with Gasteiger partial charge in [-0.05, 0) is 62.1 Å². The third-order valence-electron chi connectivity index (χ3n) is 6.10. The molecule has 1 saturated heterocycles. The number of amides is 1. The van der Waals surface area contributed by atoms with Crippen LogP contribution in [0.1, 0.15) is 55.3 Å². The third kappa shape index (κ3) is 3.34. The molecule has 3 fully saturated rings. The minimum Gasteiger partial charge on any atom is -0.349 e. The molecule has 1 aliphatic heterocycles. The number of fused-ring (bicyclic) bond motifs is 2. The fraction of sp³-hybridized carbons (Fsp3) is 0.632. The van der Waals surface area contributed by atoms with Crippen molar-refractivity contribution in [2.45, 2.75) is 55.9 Å². The Balaban J connectivity index is 1.49. The summed E-state index contributed by atoms with van der Waals surface area (Å²) in [5.74, 6) is 1.23. The fourth-order valence-electron chi connectivity index (χ4n) is 4.73. The van der Waals surface area contributed by atoms with Crippen molar-refractivity contribution in [1.82, 2.24) is 9.62 Å². The van der Waals surface area contributed by atoms with E-state index < -0.39 is 10.0 Å². The van der Waals surface area contributed by atoms with Crippen LogP contribution >= 0.6 is 0 Å². The second-order valence-corrected chi connectivity index (χ2v) is 9.69. The number of rotatable bonds is 4. The summed E-state index contributed by atoms with van der Waals surface area (Å²) in [6, 6.07) is 6.77. The number of benzene rings is 1. The molecule has 0 spiro atoms. The second kappa shape index (κ2) is 6.72. The zero-order valence-electron chi connectivity index (χ0n) is 14.5. The van der Waals surface area contributed by atoms with Gasteiger partial charge in [0, 0.05) is 24.7 Å². The molecular weight excluding hydrogens is 336 g/mol. The zero-order valence-corrected chi connectivity index (χ0v) is 15.3.